The molecule has 8 heteroatoms. The van der Waals surface area contributed by atoms with E-state index in [0.29, 0.717) is 0 Å². The fourth-order valence-electron chi connectivity index (χ4n) is 1.09. The summed E-state index contributed by atoms with van der Waals surface area (Å²) in [5, 5.41) is 4.16. The number of alkyl halides is 3. The first-order valence-corrected chi connectivity index (χ1v) is 6.05. The van der Waals surface area contributed by atoms with Crippen molar-refractivity contribution in [3.05, 3.63) is 16.1 Å². The number of nitrogens with zero attached hydrogens (tertiary/aromatic N) is 2. The molecule has 0 saturated carbocycles. The molecule has 0 atom stereocenters. The van der Waals surface area contributed by atoms with Crippen LogP contribution in [0.25, 0.3) is 0 Å². The molecule has 1 heterocycles. The number of nitrogens with two attached hydrogens (primary N) is 1. The van der Waals surface area contributed by atoms with Crippen LogP contribution in [0.4, 0.5) is 13.2 Å². The minimum atomic E-state index is -4.41. The Bertz CT molecular complexity index is 431. The number of aliphatic imine (C=N–C) groups is 1. The van der Waals surface area contributed by atoms with Gasteiger partial charge in [-0.3, -0.25) is 0 Å². The first-order chi connectivity index (χ1) is 8.08. The fourth-order valence-corrected chi connectivity index (χ4v) is 1.81. The summed E-state index contributed by atoms with van der Waals surface area (Å²) in [6, 6.07) is 0. The van der Waals surface area contributed by atoms with Crippen LogP contribution in [-0.4, -0.2) is 16.5 Å². The summed E-state index contributed by atoms with van der Waals surface area (Å²) in [7, 11) is 0. The van der Waals surface area contributed by atoms with Crippen molar-refractivity contribution in [2.75, 3.05) is 0 Å². The first kappa shape index (κ1) is 14.7. The first-order valence-electron chi connectivity index (χ1n) is 5.17. The van der Waals surface area contributed by atoms with Gasteiger partial charge in [-0.25, -0.2) is 9.98 Å². The van der Waals surface area contributed by atoms with Crippen molar-refractivity contribution < 1.29 is 13.2 Å². The third kappa shape index (κ3) is 4.91. The zero-order chi connectivity index (χ0) is 14.0. The molecule has 1 aromatic heterocycles. The molecule has 102 valence electrons. The predicted octanol–water partition coefficient (Wildman–Crippen LogP) is 2.36. The SMILES string of the molecule is CC(C)(C)NC(N)=NCc1nc(C(F)(F)F)cs1. The molecule has 0 unspecified atom stereocenters. The van der Waals surface area contributed by atoms with Crippen molar-refractivity contribution in [3.63, 3.8) is 0 Å². The van der Waals surface area contributed by atoms with Crippen molar-refractivity contribution >= 4 is 17.3 Å². The van der Waals surface area contributed by atoms with E-state index < -0.39 is 11.9 Å². The lowest BCUT2D eigenvalue weighted by atomic mass is 10.1. The third-order valence-electron chi connectivity index (χ3n) is 1.73. The van der Waals surface area contributed by atoms with Crippen molar-refractivity contribution in [3.8, 4) is 0 Å². The summed E-state index contributed by atoms with van der Waals surface area (Å²) in [6.07, 6.45) is -4.41. The lowest BCUT2D eigenvalue weighted by Gasteiger charge is -2.20. The van der Waals surface area contributed by atoms with E-state index in [2.05, 4.69) is 15.3 Å². The molecule has 0 spiro atoms. The number of rotatable bonds is 2. The number of halogens is 3. The van der Waals surface area contributed by atoms with Crippen LogP contribution in [0, 0.1) is 0 Å². The van der Waals surface area contributed by atoms with Crippen LogP contribution in [0.2, 0.25) is 0 Å². The van der Waals surface area contributed by atoms with E-state index in [1.807, 2.05) is 20.8 Å². The van der Waals surface area contributed by atoms with Crippen LogP contribution in [-0.2, 0) is 12.7 Å². The Kier molecular flexibility index (Phi) is 4.20. The molecule has 0 saturated heterocycles. The lowest BCUT2D eigenvalue weighted by molar-refractivity contribution is -0.140. The fraction of sp³-hybridized carbons (Fsp3) is 0.600. The lowest BCUT2D eigenvalue weighted by Crippen LogP contribution is -2.44. The highest BCUT2D eigenvalue weighted by Crippen LogP contribution is 2.30. The maximum absolute atomic E-state index is 12.3. The number of hydrogen-bond donors (Lipinski definition) is 2. The average molecular weight is 280 g/mol. The number of guanidine groups is 1. The molecule has 0 radical (unpaired) electrons. The molecule has 0 aliphatic rings. The summed E-state index contributed by atoms with van der Waals surface area (Å²) >= 11 is 0.915. The molecular formula is C10H15F3N4S. The molecule has 0 bridgehead atoms. The molecule has 0 amide bonds. The largest absolute Gasteiger partial charge is 0.434 e. The monoisotopic (exact) mass is 280 g/mol. The zero-order valence-corrected chi connectivity index (χ0v) is 11.1. The minimum Gasteiger partial charge on any atom is -0.370 e. The average Bonchev–Trinajstić information content (AvgIpc) is 2.59. The summed E-state index contributed by atoms with van der Waals surface area (Å²) in [5.41, 5.74) is 4.46. The van der Waals surface area contributed by atoms with Gasteiger partial charge >= 0.3 is 6.18 Å². The van der Waals surface area contributed by atoms with Crippen LogP contribution in [0.3, 0.4) is 0 Å². The maximum Gasteiger partial charge on any atom is 0.434 e. The van der Waals surface area contributed by atoms with E-state index in [-0.39, 0.29) is 23.1 Å². The Morgan fingerprint density at radius 1 is 1.44 bits per heavy atom. The van der Waals surface area contributed by atoms with Crippen molar-refractivity contribution in [2.45, 2.75) is 39.0 Å². The second-order valence-corrected chi connectivity index (χ2v) is 5.64. The molecule has 0 aliphatic carbocycles. The Balaban J connectivity index is 2.64. The molecule has 0 aliphatic heterocycles. The maximum atomic E-state index is 12.3. The number of nitrogens with one attached hydrogen (secondary N) is 1. The van der Waals surface area contributed by atoms with E-state index in [1.165, 1.54) is 0 Å². The number of hydrogen-bond acceptors (Lipinski definition) is 3. The second-order valence-electron chi connectivity index (χ2n) is 4.70. The summed E-state index contributed by atoms with van der Waals surface area (Å²) < 4.78 is 36.9. The summed E-state index contributed by atoms with van der Waals surface area (Å²) in [4.78, 5) is 7.39. The van der Waals surface area contributed by atoms with Crippen LogP contribution in [0.1, 0.15) is 31.5 Å². The number of thiazole rings is 1. The van der Waals surface area contributed by atoms with Crippen LogP contribution in [0.15, 0.2) is 10.4 Å². The molecule has 0 fully saturated rings. The van der Waals surface area contributed by atoms with E-state index >= 15 is 0 Å². The smallest absolute Gasteiger partial charge is 0.370 e. The van der Waals surface area contributed by atoms with E-state index in [4.69, 9.17) is 5.73 Å². The topological polar surface area (TPSA) is 63.3 Å². The molecule has 0 aromatic carbocycles. The Morgan fingerprint density at radius 3 is 2.50 bits per heavy atom. The van der Waals surface area contributed by atoms with E-state index in [9.17, 15) is 13.2 Å². The van der Waals surface area contributed by atoms with Gasteiger partial charge in [-0.05, 0) is 20.8 Å². The Morgan fingerprint density at radius 2 is 2.06 bits per heavy atom. The second kappa shape index (κ2) is 5.13. The van der Waals surface area contributed by atoms with Gasteiger partial charge in [-0.2, -0.15) is 13.2 Å². The van der Waals surface area contributed by atoms with Crippen LogP contribution in [0.5, 0.6) is 0 Å². The van der Waals surface area contributed by atoms with Crippen LogP contribution < -0.4 is 11.1 Å². The van der Waals surface area contributed by atoms with E-state index in [0.717, 1.165) is 16.7 Å². The third-order valence-corrected chi connectivity index (χ3v) is 2.56. The van der Waals surface area contributed by atoms with Gasteiger partial charge in [-0.15, -0.1) is 11.3 Å². The van der Waals surface area contributed by atoms with Gasteiger partial charge in [0, 0.05) is 10.9 Å². The number of aromatic nitrogens is 1. The highest BCUT2D eigenvalue weighted by molar-refractivity contribution is 7.09. The van der Waals surface area contributed by atoms with Gasteiger partial charge < -0.3 is 11.1 Å². The summed E-state index contributed by atoms with van der Waals surface area (Å²) in [6.45, 7) is 5.75. The predicted molar refractivity (Wildman–Crippen MR) is 65.3 cm³/mol. The molecule has 4 nitrogen and oxygen atoms in total. The van der Waals surface area contributed by atoms with Gasteiger partial charge in [0.2, 0.25) is 0 Å². The van der Waals surface area contributed by atoms with Crippen molar-refractivity contribution in [2.24, 2.45) is 10.7 Å². The molecule has 1 aromatic rings. The van der Waals surface area contributed by atoms with Gasteiger partial charge in [0.15, 0.2) is 11.7 Å². The quantitative estimate of drug-likeness (QED) is 0.645. The van der Waals surface area contributed by atoms with Crippen molar-refractivity contribution in [1.82, 2.24) is 10.3 Å². The molecular weight excluding hydrogens is 265 g/mol. The summed E-state index contributed by atoms with van der Waals surface area (Å²) in [5.74, 6) is 0.186. The van der Waals surface area contributed by atoms with E-state index in [1.54, 1.807) is 0 Å². The normalized spacial score (nSPS) is 13.8. The Hall–Kier alpha value is -1.31. The van der Waals surface area contributed by atoms with Gasteiger partial charge in [0.25, 0.3) is 0 Å². The van der Waals surface area contributed by atoms with Gasteiger partial charge in [0.05, 0.1) is 6.54 Å². The molecule has 1 rings (SSSR count). The minimum absolute atomic E-state index is 0.0374. The van der Waals surface area contributed by atoms with Crippen molar-refractivity contribution in [1.29, 1.82) is 0 Å². The Labute approximate surface area is 107 Å². The highest BCUT2D eigenvalue weighted by Gasteiger charge is 2.33. The van der Waals surface area contributed by atoms with Gasteiger partial charge in [-0.1, -0.05) is 0 Å². The van der Waals surface area contributed by atoms with Gasteiger partial charge in [0.1, 0.15) is 5.01 Å². The molecule has 18 heavy (non-hydrogen) atoms. The highest BCUT2D eigenvalue weighted by atomic mass is 32.1. The standard InChI is InChI=1S/C10H15F3N4S/c1-9(2,3)17-8(14)15-4-7-16-6(5-18-7)10(11,12)13/h5H,4H2,1-3H3,(H3,14,15,17). The molecule has 3 N–H and O–H groups in total. The zero-order valence-electron chi connectivity index (χ0n) is 10.3. The van der Waals surface area contributed by atoms with Crippen LogP contribution >= 0.6 is 11.3 Å².